The number of rotatable bonds is 8. The van der Waals surface area contributed by atoms with Crippen LogP contribution in [0.2, 0.25) is 0 Å². The van der Waals surface area contributed by atoms with Crippen molar-refractivity contribution in [2.75, 3.05) is 47.0 Å². The number of aliphatic imine (C=N–C) groups is 1. The first-order valence-electron chi connectivity index (χ1n) is 8.17. The van der Waals surface area contributed by atoms with E-state index in [0.29, 0.717) is 19.1 Å². The molecule has 7 nitrogen and oxygen atoms in total. The lowest BCUT2D eigenvalue weighted by molar-refractivity contribution is -0.120. The van der Waals surface area contributed by atoms with Crippen LogP contribution in [0, 0.1) is 0 Å². The summed E-state index contributed by atoms with van der Waals surface area (Å²) in [7, 11) is 3.29. The van der Waals surface area contributed by atoms with E-state index in [1.54, 1.807) is 14.2 Å². The van der Waals surface area contributed by atoms with Gasteiger partial charge in [0, 0.05) is 33.7 Å². The van der Waals surface area contributed by atoms with E-state index in [1.807, 2.05) is 6.07 Å². The molecule has 0 unspecified atom stereocenters. The molecule has 0 spiro atoms. The molecule has 0 aromatic heterocycles. The van der Waals surface area contributed by atoms with Crippen molar-refractivity contribution >= 4 is 11.9 Å². The fraction of sp³-hybridized carbons (Fsp3) is 0.529. The van der Waals surface area contributed by atoms with E-state index in [2.05, 4.69) is 33.1 Å². The van der Waals surface area contributed by atoms with Gasteiger partial charge in [0.05, 0.1) is 19.8 Å². The summed E-state index contributed by atoms with van der Waals surface area (Å²) in [5.74, 6) is 1.53. The molecule has 3 N–H and O–H groups in total. The topological polar surface area (TPSA) is 84.0 Å². The minimum atomic E-state index is -0.0892. The molecule has 132 valence electrons. The van der Waals surface area contributed by atoms with Crippen molar-refractivity contribution in [2.45, 2.75) is 12.8 Å². The van der Waals surface area contributed by atoms with Gasteiger partial charge >= 0.3 is 0 Å². The summed E-state index contributed by atoms with van der Waals surface area (Å²) in [5, 5.41) is 8.95. The Morgan fingerprint density at radius 2 is 2.17 bits per heavy atom. The maximum atomic E-state index is 11.6. The molecule has 0 fully saturated rings. The zero-order valence-corrected chi connectivity index (χ0v) is 14.4. The lowest BCUT2D eigenvalue weighted by atomic mass is 10.1. The van der Waals surface area contributed by atoms with Crippen molar-refractivity contribution < 1.29 is 14.3 Å². The lowest BCUT2D eigenvalue weighted by Crippen LogP contribution is -2.44. The van der Waals surface area contributed by atoms with Gasteiger partial charge in [-0.1, -0.05) is 12.1 Å². The lowest BCUT2D eigenvalue weighted by Gasteiger charge is -2.12. The van der Waals surface area contributed by atoms with Gasteiger partial charge in [0.2, 0.25) is 5.91 Å². The standard InChI is InChI=1S/C17H26N4O3/c1-18-17(21-12-16(22)19-8-10-23-2)20-7-5-13-3-4-15-14(11-13)6-9-24-15/h3-4,11H,5-10,12H2,1-2H3,(H,19,22)(H2,18,20,21). The van der Waals surface area contributed by atoms with Crippen molar-refractivity contribution in [1.29, 1.82) is 0 Å². The molecule has 1 amide bonds. The molecule has 2 rings (SSSR count). The van der Waals surface area contributed by atoms with E-state index in [9.17, 15) is 4.79 Å². The van der Waals surface area contributed by atoms with Gasteiger partial charge < -0.3 is 25.4 Å². The number of carbonyl (C=O) groups is 1. The van der Waals surface area contributed by atoms with Gasteiger partial charge in [-0.15, -0.1) is 0 Å². The highest BCUT2D eigenvalue weighted by atomic mass is 16.5. The first-order valence-corrected chi connectivity index (χ1v) is 8.17. The molecule has 0 aliphatic carbocycles. The van der Waals surface area contributed by atoms with Crippen LogP contribution in [-0.4, -0.2) is 58.9 Å². The summed E-state index contributed by atoms with van der Waals surface area (Å²) >= 11 is 0. The maximum absolute atomic E-state index is 11.6. The van der Waals surface area contributed by atoms with E-state index >= 15 is 0 Å². The Balaban J connectivity index is 1.67. The monoisotopic (exact) mass is 334 g/mol. The Labute approximate surface area is 142 Å². The number of nitrogens with zero attached hydrogens (tertiary/aromatic N) is 1. The molecule has 0 atom stereocenters. The van der Waals surface area contributed by atoms with Gasteiger partial charge in [-0.2, -0.15) is 0 Å². The summed E-state index contributed by atoms with van der Waals surface area (Å²) in [5.41, 5.74) is 2.54. The van der Waals surface area contributed by atoms with Gasteiger partial charge in [0.25, 0.3) is 0 Å². The van der Waals surface area contributed by atoms with Crippen LogP contribution in [0.3, 0.4) is 0 Å². The number of fused-ring (bicyclic) bond motifs is 1. The Hall–Kier alpha value is -2.28. The summed E-state index contributed by atoms with van der Waals surface area (Å²) in [6.07, 6.45) is 1.87. The molecular weight excluding hydrogens is 308 g/mol. The Bertz CT molecular complexity index is 575. The number of methoxy groups -OCH3 is 1. The summed E-state index contributed by atoms with van der Waals surface area (Å²) in [6.45, 7) is 2.71. The fourth-order valence-corrected chi connectivity index (χ4v) is 2.46. The highest BCUT2D eigenvalue weighted by Gasteiger charge is 2.11. The molecule has 0 saturated heterocycles. The molecule has 1 aliphatic rings. The average molecular weight is 334 g/mol. The number of benzene rings is 1. The molecule has 1 heterocycles. The summed E-state index contributed by atoms with van der Waals surface area (Å²) in [6, 6.07) is 6.32. The highest BCUT2D eigenvalue weighted by molar-refractivity contribution is 5.86. The first kappa shape index (κ1) is 18.1. The molecule has 1 aromatic carbocycles. The number of carbonyl (C=O) groups excluding carboxylic acids is 1. The molecule has 1 aromatic rings. The smallest absolute Gasteiger partial charge is 0.239 e. The molecule has 7 heteroatoms. The second kappa shape index (κ2) is 9.77. The van der Waals surface area contributed by atoms with Crippen LogP contribution in [0.4, 0.5) is 0 Å². The normalized spacial score (nSPS) is 13.2. The predicted octanol–water partition coefficient (Wildman–Crippen LogP) is 0.0916. The van der Waals surface area contributed by atoms with Crippen LogP contribution >= 0.6 is 0 Å². The van der Waals surface area contributed by atoms with Crippen molar-refractivity contribution in [1.82, 2.24) is 16.0 Å². The highest BCUT2D eigenvalue weighted by Crippen LogP contribution is 2.25. The molecule has 0 radical (unpaired) electrons. The van der Waals surface area contributed by atoms with Crippen molar-refractivity contribution in [3.05, 3.63) is 29.3 Å². The second-order valence-corrected chi connectivity index (χ2v) is 5.49. The van der Waals surface area contributed by atoms with Crippen molar-refractivity contribution in [3.63, 3.8) is 0 Å². The van der Waals surface area contributed by atoms with Crippen LogP contribution in [0.5, 0.6) is 5.75 Å². The van der Waals surface area contributed by atoms with Crippen LogP contribution in [-0.2, 0) is 22.4 Å². The third-order valence-electron chi connectivity index (χ3n) is 3.73. The van der Waals surface area contributed by atoms with Crippen LogP contribution < -0.4 is 20.7 Å². The maximum Gasteiger partial charge on any atom is 0.239 e. The molecule has 0 bridgehead atoms. The van der Waals surface area contributed by atoms with Crippen molar-refractivity contribution in [3.8, 4) is 5.75 Å². The number of nitrogens with one attached hydrogen (secondary N) is 3. The second-order valence-electron chi connectivity index (χ2n) is 5.49. The molecule has 0 saturated carbocycles. The van der Waals surface area contributed by atoms with E-state index in [-0.39, 0.29) is 12.5 Å². The number of ether oxygens (including phenoxy) is 2. The Kier molecular flexibility index (Phi) is 7.35. The molecule has 24 heavy (non-hydrogen) atoms. The first-order chi connectivity index (χ1) is 11.7. The number of hydrogen-bond donors (Lipinski definition) is 3. The predicted molar refractivity (Wildman–Crippen MR) is 93.6 cm³/mol. The quantitative estimate of drug-likeness (QED) is 0.357. The fourth-order valence-electron chi connectivity index (χ4n) is 2.46. The minimum absolute atomic E-state index is 0.0892. The Morgan fingerprint density at radius 1 is 1.29 bits per heavy atom. The van der Waals surface area contributed by atoms with Gasteiger partial charge in [-0.3, -0.25) is 9.79 Å². The molecule has 1 aliphatic heterocycles. The van der Waals surface area contributed by atoms with Crippen LogP contribution in [0.25, 0.3) is 0 Å². The third kappa shape index (κ3) is 5.73. The van der Waals surface area contributed by atoms with Gasteiger partial charge in [0.15, 0.2) is 5.96 Å². The van der Waals surface area contributed by atoms with Crippen LogP contribution in [0.1, 0.15) is 11.1 Å². The van der Waals surface area contributed by atoms with E-state index < -0.39 is 0 Å². The zero-order chi connectivity index (χ0) is 17.2. The summed E-state index contributed by atoms with van der Waals surface area (Å²) in [4.78, 5) is 15.7. The van der Waals surface area contributed by atoms with Gasteiger partial charge in [-0.05, 0) is 23.6 Å². The summed E-state index contributed by atoms with van der Waals surface area (Å²) < 4.78 is 10.4. The van der Waals surface area contributed by atoms with Crippen LogP contribution in [0.15, 0.2) is 23.2 Å². The minimum Gasteiger partial charge on any atom is -0.493 e. The SMILES string of the molecule is CN=C(NCCc1ccc2c(c1)CCO2)NCC(=O)NCCOC. The third-order valence-corrected chi connectivity index (χ3v) is 3.73. The number of hydrogen-bond acceptors (Lipinski definition) is 4. The zero-order valence-electron chi connectivity index (χ0n) is 14.4. The van der Waals surface area contributed by atoms with E-state index in [4.69, 9.17) is 9.47 Å². The number of amides is 1. The average Bonchev–Trinajstić information content (AvgIpc) is 3.06. The Morgan fingerprint density at radius 3 is 2.96 bits per heavy atom. The van der Waals surface area contributed by atoms with Gasteiger partial charge in [0.1, 0.15) is 5.75 Å². The van der Waals surface area contributed by atoms with E-state index in [1.165, 1.54) is 11.1 Å². The largest absolute Gasteiger partial charge is 0.493 e. The van der Waals surface area contributed by atoms with E-state index in [0.717, 1.165) is 31.7 Å². The van der Waals surface area contributed by atoms with Gasteiger partial charge in [-0.25, -0.2) is 0 Å². The molecular formula is C17H26N4O3. The number of guanidine groups is 1. The van der Waals surface area contributed by atoms with Crippen molar-refractivity contribution in [2.24, 2.45) is 4.99 Å².